The van der Waals surface area contributed by atoms with E-state index < -0.39 is 17.1 Å². The van der Waals surface area contributed by atoms with Crippen LogP contribution in [-0.2, 0) is 0 Å². The number of hydrogen-bond donors (Lipinski definition) is 4. The Hall–Kier alpha value is -0.160. The van der Waals surface area contributed by atoms with E-state index in [1.165, 1.54) is 0 Å². The maximum absolute atomic E-state index is 10.9. The zero-order valence-electron chi connectivity index (χ0n) is 15.2. The van der Waals surface area contributed by atoms with Gasteiger partial charge in [0, 0.05) is 5.41 Å². The molecule has 4 heteroatoms. The maximum atomic E-state index is 10.9. The van der Waals surface area contributed by atoms with E-state index in [9.17, 15) is 20.4 Å². The van der Waals surface area contributed by atoms with Crippen LogP contribution in [0.5, 0.6) is 0 Å². The zero-order valence-corrected chi connectivity index (χ0v) is 15.2. The molecule has 0 aromatic heterocycles. The molecule has 0 saturated heterocycles. The van der Waals surface area contributed by atoms with E-state index in [1.54, 1.807) is 0 Å². The minimum Gasteiger partial charge on any atom is -0.396 e. The molecule has 4 aliphatic carbocycles. The van der Waals surface area contributed by atoms with Crippen molar-refractivity contribution >= 4 is 0 Å². The molecule has 2 bridgehead atoms. The molecule has 4 N–H and O–H groups in total. The van der Waals surface area contributed by atoms with E-state index in [2.05, 4.69) is 13.8 Å². The van der Waals surface area contributed by atoms with Crippen LogP contribution in [0.2, 0.25) is 0 Å². The lowest BCUT2D eigenvalue weighted by Gasteiger charge is -2.66. The van der Waals surface area contributed by atoms with E-state index in [1.807, 2.05) is 0 Å². The van der Waals surface area contributed by atoms with Crippen molar-refractivity contribution in [1.29, 1.82) is 0 Å². The summed E-state index contributed by atoms with van der Waals surface area (Å²) in [6, 6.07) is 0. The van der Waals surface area contributed by atoms with Gasteiger partial charge in [0.25, 0.3) is 0 Å². The molecule has 0 heterocycles. The second kappa shape index (κ2) is 5.18. The van der Waals surface area contributed by atoms with E-state index in [-0.39, 0.29) is 30.0 Å². The van der Waals surface area contributed by atoms with Crippen LogP contribution < -0.4 is 0 Å². The van der Waals surface area contributed by atoms with Crippen LogP contribution in [0.3, 0.4) is 0 Å². The minimum absolute atomic E-state index is 0.0547. The third-order valence-electron chi connectivity index (χ3n) is 9.54. The van der Waals surface area contributed by atoms with Crippen LogP contribution >= 0.6 is 0 Å². The van der Waals surface area contributed by atoms with Crippen LogP contribution in [0.1, 0.15) is 65.2 Å². The second-order valence-electron chi connectivity index (χ2n) is 10.0. The van der Waals surface area contributed by atoms with Crippen molar-refractivity contribution < 1.29 is 20.4 Å². The van der Waals surface area contributed by atoms with Gasteiger partial charge in [-0.05, 0) is 80.0 Å². The van der Waals surface area contributed by atoms with Gasteiger partial charge in [0.05, 0.1) is 24.9 Å². The highest BCUT2D eigenvalue weighted by Gasteiger charge is 2.70. The molecule has 4 aliphatic rings. The molecule has 1 spiro atoms. The van der Waals surface area contributed by atoms with Crippen molar-refractivity contribution in [2.24, 2.45) is 34.0 Å². The third kappa shape index (κ3) is 1.84. The summed E-state index contributed by atoms with van der Waals surface area (Å²) in [6.07, 6.45) is 7.33. The fourth-order valence-electron chi connectivity index (χ4n) is 7.93. The van der Waals surface area contributed by atoms with Crippen LogP contribution in [0.15, 0.2) is 0 Å². The molecule has 4 nitrogen and oxygen atoms in total. The first-order valence-electron chi connectivity index (χ1n) is 9.88. The summed E-state index contributed by atoms with van der Waals surface area (Å²) in [5.74, 6) is 1.18. The average Bonchev–Trinajstić information content (AvgIpc) is 2.93. The predicted molar refractivity (Wildman–Crippen MR) is 91.2 cm³/mol. The van der Waals surface area contributed by atoms with Crippen molar-refractivity contribution in [1.82, 2.24) is 0 Å². The summed E-state index contributed by atoms with van der Waals surface area (Å²) in [5.41, 5.74) is -0.949. The Morgan fingerprint density at radius 3 is 2.33 bits per heavy atom. The predicted octanol–water partition coefficient (Wildman–Crippen LogP) is 2.09. The van der Waals surface area contributed by atoms with Crippen molar-refractivity contribution in [3.05, 3.63) is 0 Å². The summed E-state index contributed by atoms with van der Waals surface area (Å²) in [5, 5.41) is 41.3. The van der Waals surface area contributed by atoms with Gasteiger partial charge in [0.2, 0.25) is 0 Å². The van der Waals surface area contributed by atoms with Crippen molar-refractivity contribution in [3.63, 3.8) is 0 Å². The minimum atomic E-state index is -0.886. The van der Waals surface area contributed by atoms with Gasteiger partial charge < -0.3 is 20.4 Å². The summed E-state index contributed by atoms with van der Waals surface area (Å²) >= 11 is 0. The van der Waals surface area contributed by atoms with Gasteiger partial charge in [-0.1, -0.05) is 13.8 Å². The topological polar surface area (TPSA) is 80.9 Å². The zero-order chi connectivity index (χ0) is 17.4. The Morgan fingerprint density at radius 1 is 0.917 bits per heavy atom. The molecular formula is C20H34O4. The van der Waals surface area contributed by atoms with Crippen molar-refractivity contribution in [3.8, 4) is 0 Å². The fourth-order valence-corrected chi connectivity index (χ4v) is 7.93. The number of rotatable bonds is 2. The first kappa shape index (κ1) is 17.3. The Kier molecular flexibility index (Phi) is 3.73. The molecule has 0 aliphatic heterocycles. The fraction of sp³-hybridized carbons (Fsp3) is 1.00. The van der Waals surface area contributed by atoms with E-state index in [0.717, 1.165) is 44.9 Å². The van der Waals surface area contributed by atoms with Gasteiger partial charge in [-0.2, -0.15) is 0 Å². The summed E-state index contributed by atoms with van der Waals surface area (Å²) in [4.78, 5) is 0. The lowest BCUT2D eigenvalue weighted by molar-refractivity contribution is -0.216. The number of fused-ring (bicyclic) bond motifs is 2. The average molecular weight is 338 g/mol. The summed E-state index contributed by atoms with van der Waals surface area (Å²) in [6.45, 7) is 4.43. The largest absolute Gasteiger partial charge is 0.396 e. The Morgan fingerprint density at radius 2 is 1.67 bits per heavy atom. The second-order valence-corrected chi connectivity index (χ2v) is 10.0. The SMILES string of the molecule is C[C@]1(CO)C(O)CC[C@@]2(C)[C@@H]1CC[C@@H]1C[C@H]3C[C@]12CC[C@]3(O)CO. The van der Waals surface area contributed by atoms with Crippen LogP contribution in [-0.4, -0.2) is 45.3 Å². The lowest BCUT2D eigenvalue weighted by Crippen LogP contribution is -2.63. The summed E-state index contributed by atoms with van der Waals surface area (Å²) in [7, 11) is 0. The Labute approximate surface area is 145 Å². The lowest BCUT2D eigenvalue weighted by atomic mass is 9.39. The van der Waals surface area contributed by atoms with Gasteiger partial charge in [-0.3, -0.25) is 0 Å². The molecular weight excluding hydrogens is 304 g/mol. The molecule has 24 heavy (non-hydrogen) atoms. The molecule has 0 aromatic rings. The standard InChI is InChI=1S/C20H34O4/c1-17(11-21)15-4-3-13-9-14-10-19(13,7-8-20(14,24)12-22)18(15,2)6-5-16(17)23/h13-16,21-24H,3-12H2,1-2H3/t13-,14+,15-,16?,17-,18+,19-,20+/m1/s1. The van der Waals surface area contributed by atoms with Crippen molar-refractivity contribution in [2.75, 3.05) is 13.2 Å². The van der Waals surface area contributed by atoms with Gasteiger partial charge in [0.15, 0.2) is 0 Å². The number of aliphatic hydroxyl groups excluding tert-OH is 3. The van der Waals surface area contributed by atoms with Gasteiger partial charge >= 0.3 is 0 Å². The first-order valence-corrected chi connectivity index (χ1v) is 9.88. The molecule has 138 valence electrons. The van der Waals surface area contributed by atoms with E-state index >= 15 is 0 Å². The van der Waals surface area contributed by atoms with Crippen LogP contribution in [0.4, 0.5) is 0 Å². The van der Waals surface area contributed by atoms with Gasteiger partial charge in [-0.25, -0.2) is 0 Å². The maximum Gasteiger partial charge on any atom is 0.0905 e. The summed E-state index contributed by atoms with van der Waals surface area (Å²) < 4.78 is 0. The molecule has 0 aromatic carbocycles. The normalized spacial score (nSPS) is 59.8. The molecule has 8 atom stereocenters. The van der Waals surface area contributed by atoms with E-state index in [4.69, 9.17) is 0 Å². The molecule has 1 unspecified atom stereocenters. The quantitative estimate of drug-likeness (QED) is 0.621. The van der Waals surface area contributed by atoms with E-state index in [0.29, 0.717) is 18.3 Å². The smallest absolute Gasteiger partial charge is 0.0905 e. The number of aliphatic hydroxyl groups is 4. The van der Waals surface area contributed by atoms with Crippen LogP contribution in [0.25, 0.3) is 0 Å². The molecule has 4 saturated carbocycles. The molecule has 0 amide bonds. The van der Waals surface area contributed by atoms with Crippen molar-refractivity contribution in [2.45, 2.75) is 76.9 Å². The Balaban J connectivity index is 1.74. The highest BCUT2D eigenvalue weighted by atomic mass is 16.3. The van der Waals surface area contributed by atoms with Crippen LogP contribution in [0, 0.1) is 34.0 Å². The molecule has 4 rings (SSSR count). The first-order chi connectivity index (χ1) is 11.3. The monoisotopic (exact) mass is 338 g/mol. The number of hydrogen-bond acceptors (Lipinski definition) is 4. The Bertz CT molecular complexity index is 524. The molecule has 0 radical (unpaired) electrons. The highest BCUT2D eigenvalue weighted by molar-refractivity contribution is 5.19. The third-order valence-corrected chi connectivity index (χ3v) is 9.54. The molecule has 4 fully saturated rings. The van der Waals surface area contributed by atoms with Gasteiger partial charge in [0.1, 0.15) is 0 Å². The van der Waals surface area contributed by atoms with Gasteiger partial charge in [-0.15, -0.1) is 0 Å². The highest BCUT2D eigenvalue weighted by Crippen LogP contribution is 2.75.